The lowest BCUT2D eigenvalue weighted by Gasteiger charge is -2.01. The zero-order chi connectivity index (χ0) is 12.5. The fourth-order valence-corrected chi connectivity index (χ4v) is 1.25. The van der Waals surface area contributed by atoms with Crippen molar-refractivity contribution in [3.8, 4) is 0 Å². The molecule has 0 fully saturated rings. The van der Waals surface area contributed by atoms with Gasteiger partial charge in [0.15, 0.2) is 0 Å². The van der Waals surface area contributed by atoms with Crippen molar-refractivity contribution >= 4 is 12.0 Å². The molecule has 1 aromatic rings. The number of rotatable bonds is 5. The van der Waals surface area contributed by atoms with Crippen molar-refractivity contribution in [3.05, 3.63) is 53.6 Å². The van der Waals surface area contributed by atoms with Crippen molar-refractivity contribution in [2.75, 3.05) is 13.2 Å². The summed E-state index contributed by atoms with van der Waals surface area (Å²) in [7, 11) is 0. The number of allylic oxidation sites excluding steroid dienone is 2. The Bertz CT molecular complexity index is 407. The summed E-state index contributed by atoms with van der Waals surface area (Å²) in [5.41, 5.74) is 1.71. The van der Waals surface area contributed by atoms with Gasteiger partial charge in [-0.2, -0.15) is 0 Å². The molecule has 3 heteroatoms. The van der Waals surface area contributed by atoms with E-state index in [1.54, 1.807) is 13.0 Å². The molecule has 0 spiro atoms. The van der Waals surface area contributed by atoms with Gasteiger partial charge in [0.1, 0.15) is 0 Å². The molecular weight excluding hydrogens is 214 g/mol. The van der Waals surface area contributed by atoms with Gasteiger partial charge in [0.05, 0.1) is 6.61 Å². The Kier molecular flexibility index (Phi) is 5.75. The number of amides is 1. The van der Waals surface area contributed by atoms with Gasteiger partial charge in [-0.25, -0.2) is 0 Å². The number of carbonyl (C=O) groups is 1. The minimum absolute atomic E-state index is 0.0428. The third-order valence-electron chi connectivity index (χ3n) is 2.19. The quantitative estimate of drug-likeness (QED) is 0.599. The van der Waals surface area contributed by atoms with E-state index in [2.05, 4.69) is 5.32 Å². The molecule has 0 atom stereocenters. The fourth-order valence-electron chi connectivity index (χ4n) is 1.25. The number of hydrogen-bond donors (Lipinski definition) is 2. The molecule has 2 N–H and O–H groups in total. The van der Waals surface area contributed by atoms with Crippen molar-refractivity contribution in [2.24, 2.45) is 0 Å². The zero-order valence-electron chi connectivity index (χ0n) is 9.89. The first-order chi connectivity index (χ1) is 8.24. The highest BCUT2D eigenvalue weighted by molar-refractivity contribution is 5.93. The Hall–Kier alpha value is -1.87. The van der Waals surface area contributed by atoms with Gasteiger partial charge in [0.2, 0.25) is 5.91 Å². The minimum Gasteiger partial charge on any atom is -0.395 e. The maximum absolute atomic E-state index is 11.4. The number of aliphatic hydroxyl groups is 1. The van der Waals surface area contributed by atoms with E-state index in [0.717, 1.165) is 5.56 Å². The molecule has 0 bridgehead atoms. The van der Waals surface area contributed by atoms with Crippen LogP contribution in [0, 0.1) is 0 Å². The SMILES string of the molecule is C/C(=C\C=C\c1ccccc1)C(=O)NCCO. The van der Waals surface area contributed by atoms with Gasteiger partial charge in [-0.15, -0.1) is 0 Å². The molecule has 1 amide bonds. The summed E-state index contributed by atoms with van der Waals surface area (Å²) in [5, 5.41) is 11.2. The first kappa shape index (κ1) is 13.2. The van der Waals surface area contributed by atoms with E-state index in [4.69, 9.17) is 5.11 Å². The minimum atomic E-state index is -0.156. The van der Waals surface area contributed by atoms with Crippen LogP contribution in [0.2, 0.25) is 0 Å². The topological polar surface area (TPSA) is 49.3 Å². The highest BCUT2D eigenvalue weighted by Crippen LogP contribution is 2.02. The van der Waals surface area contributed by atoms with E-state index in [-0.39, 0.29) is 19.1 Å². The average molecular weight is 231 g/mol. The molecule has 17 heavy (non-hydrogen) atoms. The molecule has 0 heterocycles. The monoisotopic (exact) mass is 231 g/mol. The first-order valence-corrected chi connectivity index (χ1v) is 5.53. The normalized spacial score (nSPS) is 11.8. The third-order valence-corrected chi connectivity index (χ3v) is 2.19. The molecule has 3 nitrogen and oxygen atoms in total. The van der Waals surface area contributed by atoms with Crippen LogP contribution in [-0.2, 0) is 4.79 Å². The second-order valence-electron chi connectivity index (χ2n) is 3.60. The van der Waals surface area contributed by atoms with Gasteiger partial charge in [-0.1, -0.05) is 48.6 Å². The largest absolute Gasteiger partial charge is 0.395 e. The maximum atomic E-state index is 11.4. The van der Waals surface area contributed by atoms with E-state index >= 15 is 0 Å². The third kappa shape index (κ3) is 5.13. The van der Waals surface area contributed by atoms with Crippen LogP contribution in [0.5, 0.6) is 0 Å². The summed E-state index contributed by atoms with van der Waals surface area (Å²) < 4.78 is 0. The molecule has 0 aliphatic rings. The first-order valence-electron chi connectivity index (χ1n) is 5.53. The fraction of sp³-hybridized carbons (Fsp3) is 0.214. The van der Waals surface area contributed by atoms with Gasteiger partial charge in [-0.05, 0) is 12.5 Å². The number of carbonyl (C=O) groups excluding carboxylic acids is 1. The number of nitrogens with one attached hydrogen (secondary N) is 1. The van der Waals surface area contributed by atoms with Gasteiger partial charge >= 0.3 is 0 Å². The van der Waals surface area contributed by atoms with E-state index < -0.39 is 0 Å². The Labute approximate surface area is 101 Å². The smallest absolute Gasteiger partial charge is 0.246 e. The molecule has 0 aliphatic heterocycles. The second-order valence-corrected chi connectivity index (χ2v) is 3.60. The van der Waals surface area contributed by atoms with Crippen LogP contribution < -0.4 is 5.32 Å². The zero-order valence-corrected chi connectivity index (χ0v) is 9.89. The molecule has 0 radical (unpaired) electrons. The van der Waals surface area contributed by atoms with Crippen LogP contribution in [0.25, 0.3) is 6.08 Å². The van der Waals surface area contributed by atoms with Crippen molar-refractivity contribution in [1.29, 1.82) is 0 Å². The Morgan fingerprint density at radius 3 is 2.71 bits per heavy atom. The Morgan fingerprint density at radius 1 is 1.35 bits per heavy atom. The van der Waals surface area contributed by atoms with Crippen molar-refractivity contribution in [1.82, 2.24) is 5.32 Å². The summed E-state index contributed by atoms with van der Waals surface area (Å²) in [4.78, 5) is 11.4. The summed E-state index contributed by atoms with van der Waals surface area (Å²) in [6, 6.07) is 9.87. The summed E-state index contributed by atoms with van der Waals surface area (Å²) >= 11 is 0. The molecule has 0 saturated heterocycles. The Balaban J connectivity index is 2.53. The van der Waals surface area contributed by atoms with Crippen LogP contribution >= 0.6 is 0 Å². The summed E-state index contributed by atoms with van der Waals surface area (Å²) in [6.45, 7) is 1.98. The van der Waals surface area contributed by atoms with E-state index in [1.165, 1.54) is 0 Å². The lowest BCUT2D eigenvalue weighted by molar-refractivity contribution is -0.117. The van der Waals surface area contributed by atoms with Gasteiger partial charge < -0.3 is 10.4 Å². The number of aliphatic hydroxyl groups excluding tert-OH is 1. The Morgan fingerprint density at radius 2 is 2.06 bits per heavy atom. The van der Waals surface area contributed by atoms with Crippen LogP contribution in [0.4, 0.5) is 0 Å². The van der Waals surface area contributed by atoms with Gasteiger partial charge in [0, 0.05) is 12.1 Å². The second kappa shape index (κ2) is 7.41. The van der Waals surface area contributed by atoms with Gasteiger partial charge in [0.25, 0.3) is 0 Å². The van der Waals surface area contributed by atoms with E-state index in [1.807, 2.05) is 42.5 Å². The molecular formula is C14H17NO2. The van der Waals surface area contributed by atoms with Crippen molar-refractivity contribution < 1.29 is 9.90 Å². The summed E-state index contributed by atoms with van der Waals surface area (Å²) in [5.74, 6) is -0.156. The maximum Gasteiger partial charge on any atom is 0.246 e. The molecule has 90 valence electrons. The molecule has 1 rings (SSSR count). The summed E-state index contributed by atoms with van der Waals surface area (Å²) in [6.07, 6.45) is 5.52. The number of hydrogen-bond acceptors (Lipinski definition) is 2. The lowest BCUT2D eigenvalue weighted by atomic mass is 10.2. The highest BCUT2D eigenvalue weighted by atomic mass is 16.3. The standard InChI is InChI=1S/C14H17NO2/c1-12(14(17)15-10-11-16)6-5-9-13-7-3-2-4-8-13/h2-9,16H,10-11H2,1H3,(H,15,17)/b9-5+,12-6+. The van der Waals surface area contributed by atoms with Crippen LogP contribution in [0.3, 0.4) is 0 Å². The van der Waals surface area contributed by atoms with Gasteiger partial charge in [-0.3, -0.25) is 4.79 Å². The van der Waals surface area contributed by atoms with E-state index in [9.17, 15) is 4.79 Å². The average Bonchev–Trinajstić information content (AvgIpc) is 2.37. The molecule has 0 aliphatic carbocycles. The molecule has 1 aromatic carbocycles. The molecule has 0 saturated carbocycles. The van der Waals surface area contributed by atoms with Crippen LogP contribution in [0.15, 0.2) is 48.1 Å². The predicted octanol–water partition coefficient (Wildman–Crippen LogP) is 1.75. The van der Waals surface area contributed by atoms with Crippen LogP contribution in [-0.4, -0.2) is 24.2 Å². The van der Waals surface area contributed by atoms with E-state index in [0.29, 0.717) is 5.57 Å². The molecule has 0 aromatic heterocycles. The number of benzene rings is 1. The molecule has 0 unspecified atom stereocenters. The van der Waals surface area contributed by atoms with Crippen molar-refractivity contribution in [2.45, 2.75) is 6.92 Å². The lowest BCUT2D eigenvalue weighted by Crippen LogP contribution is -2.26. The van der Waals surface area contributed by atoms with Crippen molar-refractivity contribution in [3.63, 3.8) is 0 Å². The van der Waals surface area contributed by atoms with Crippen LogP contribution in [0.1, 0.15) is 12.5 Å². The predicted molar refractivity (Wildman–Crippen MR) is 69.3 cm³/mol. The highest BCUT2D eigenvalue weighted by Gasteiger charge is 2.00.